The van der Waals surface area contributed by atoms with Crippen molar-refractivity contribution in [3.63, 3.8) is 0 Å². The van der Waals surface area contributed by atoms with Crippen LogP contribution in [0.5, 0.6) is 17.2 Å². The third kappa shape index (κ3) is 5.21. The molecule has 3 aromatic rings. The van der Waals surface area contributed by atoms with Crippen molar-refractivity contribution in [3.05, 3.63) is 80.5 Å². The van der Waals surface area contributed by atoms with E-state index in [2.05, 4.69) is 43.5 Å². The lowest BCUT2D eigenvalue weighted by Crippen LogP contribution is -2.40. The molecule has 0 spiro atoms. The van der Waals surface area contributed by atoms with Crippen LogP contribution in [0.4, 0.5) is 0 Å². The van der Waals surface area contributed by atoms with Crippen LogP contribution in [0, 0.1) is 3.57 Å². The van der Waals surface area contributed by atoms with Gasteiger partial charge in [0.05, 0.1) is 57.8 Å². The van der Waals surface area contributed by atoms with Gasteiger partial charge < -0.3 is 18.9 Å². The summed E-state index contributed by atoms with van der Waals surface area (Å²) in [7, 11) is 4.73. The Balaban J connectivity index is 1.96. The molecule has 1 aliphatic rings. The molecule has 0 fully saturated rings. The zero-order valence-corrected chi connectivity index (χ0v) is 25.3. The van der Waals surface area contributed by atoms with Gasteiger partial charge in [-0.2, -0.15) is 0 Å². The number of nitrogens with zero attached hydrogens (tertiary/aromatic N) is 2. The number of allylic oxidation sites excluding steroid dienone is 1. The SMILES string of the molecule is CCOC(=O)C1=C(C)N=c2s/c(=C/c3cc(I)c(OC)c(OC)c3)c(=O)n2[C@@H]1c1ccc(OC)c(Br)c1. The molecule has 4 rings (SSSR count). The number of thiazole rings is 1. The van der Waals surface area contributed by atoms with Gasteiger partial charge in [-0.05, 0) is 93.8 Å². The Morgan fingerprint density at radius 1 is 1.16 bits per heavy atom. The number of carbonyl (C=O) groups excluding carboxylic acids is 1. The van der Waals surface area contributed by atoms with E-state index in [1.54, 1.807) is 51.9 Å². The van der Waals surface area contributed by atoms with E-state index in [0.717, 1.165) is 14.7 Å². The summed E-state index contributed by atoms with van der Waals surface area (Å²) in [5.41, 5.74) is 2.05. The predicted molar refractivity (Wildman–Crippen MR) is 153 cm³/mol. The van der Waals surface area contributed by atoms with Gasteiger partial charge in [-0.1, -0.05) is 17.4 Å². The Labute approximate surface area is 239 Å². The Morgan fingerprint density at radius 3 is 2.51 bits per heavy atom. The van der Waals surface area contributed by atoms with Gasteiger partial charge >= 0.3 is 5.97 Å². The highest BCUT2D eigenvalue weighted by molar-refractivity contribution is 14.1. The van der Waals surface area contributed by atoms with Crippen molar-refractivity contribution < 1.29 is 23.7 Å². The molecule has 2 heterocycles. The van der Waals surface area contributed by atoms with E-state index in [4.69, 9.17) is 18.9 Å². The lowest BCUT2D eigenvalue weighted by molar-refractivity contribution is -0.139. The molecular weight excluding hydrogens is 675 g/mol. The van der Waals surface area contributed by atoms with Gasteiger partial charge in [-0.15, -0.1) is 0 Å². The van der Waals surface area contributed by atoms with Crippen LogP contribution in [0.25, 0.3) is 6.08 Å². The molecule has 1 atom stereocenters. The number of hydrogen-bond donors (Lipinski definition) is 0. The summed E-state index contributed by atoms with van der Waals surface area (Å²) >= 11 is 6.95. The summed E-state index contributed by atoms with van der Waals surface area (Å²) in [6, 6.07) is 8.47. The molecule has 1 aromatic heterocycles. The van der Waals surface area contributed by atoms with Crippen molar-refractivity contribution in [3.8, 4) is 17.2 Å². The Morgan fingerprint density at radius 2 is 1.89 bits per heavy atom. The number of fused-ring (bicyclic) bond motifs is 1. The van der Waals surface area contributed by atoms with Gasteiger partial charge in [0.2, 0.25) is 0 Å². The number of methoxy groups -OCH3 is 3. The zero-order valence-electron chi connectivity index (χ0n) is 20.8. The number of carbonyl (C=O) groups is 1. The normalized spacial score (nSPS) is 15.2. The molecule has 0 saturated carbocycles. The van der Waals surface area contributed by atoms with Crippen molar-refractivity contribution in [2.45, 2.75) is 19.9 Å². The van der Waals surface area contributed by atoms with Crippen LogP contribution in [0.15, 0.2) is 55.9 Å². The zero-order chi connectivity index (χ0) is 26.9. The van der Waals surface area contributed by atoms with Gasteiger partial charge in [-0.3, -0.25) is 9.36 Å². The minimum atomic E-state index is -0.717. The average molecular weight is 699 g/mol. The predicted octanol–water partition coefficient (Wildman–Crippen LogP) is 4.19. The second-order valence-corrected chi connectivity index (χ2v) is 11.0. The molecule has 0 amide bonds. The third-order valence-corrected chi connectivity index (χ3v) is 8.17. The maximum atomic E-state index is 13.8. The fourth-order valence-electron chi connectivity index (χ4n) is 4.13. The fourth-order valence-corrected chi connectivity index (χ4v) is 6.58. The summed E-state index contributed by atoms with van der Waals surface area (Å²) in [5.74, 6) is 1.32. The topological polar surface area (TPSA) is 88.4 Å². The van der Waals surface area contributed by atoms with Crippen molar-refractivity contribution in [2.75, 3.05) is 27.9 Å². The van der Waals surface area contributed by atoms with E-state index in [0.29, 0.717) is 42.3 Å². The second-order valence-electron chi connectivity index (χ2n) is 7.93. The number of halogens is 2. The van der Waals surface area contributed by atoms with Crippen LogP contribution in [-0.4, -0.2) is 38.5 Å². The minimum Gasteiger partial charge on any atom is -0.496 e. The molecule has 0 N–H and O–H groups in total. The van der Waals surface area contributed by atoms with E-state index >= 15 is 0 Å². The maximum absolute atomic E-state index is 13.8. The quantitative estimate of drug-likeness (QED) is 0.272. The molecule has 2 aromatic carbocycles. The Kier molecular flexibility index (Phi) is 8.44. The van der Waals surface area contributed by atoms with E-state index in [1.165, 1.54) is 11.3 Å². The summed E-state index contributed by atoms with van der Waals surface area (Å²) in [6.07, 6.45) is 1.79. The van der Waals surface area contributed by atoms with Crippen molar-refractivity contribution in [1.29, 1.82) is 0 Å². The van der Waals surface area contributed by atoms with Crippen LogP contribution < -0.4 is 29.1 Å². The average Bonchev–Trinajstić information content (AvgIpc) is 3.16. The summed E-state index contributed by atoms with van der Waals surface area (Å²) in [5, 5.41) is 0. The first-order valence-electron chi connectivity index (χ1n) is 11.2. The second kappa shape index (κ2) is 11.4. The highest BCUT2D eigenvalue weighted by Gasteiger charge is 2.33. The maximum Gasteiger partial charge on any atom is 0.338 e. The standard InChI is InChI=1S/C26H24BrIN2O6S/c1-6-36-25(32)21-13(2)29-26-30(22(21)15-7-8-18(33-3)16(27)12-15)24(31)20(37-26)11-14-9-17(28)23(35-5)19(10-14)34-4/h7-12,22H,6H2,1-5H3/b20-11+/t22-/m1/s1. The van der Waals surface area contributed by atoms with Crippen LogP contribution in [0.2, 0.25) is 0 Å². The highest BCUT2D eigenvalue weighted by atomic mass is 127. The van der Waals surface area contributed by atoms with Crippen LogP contribution in [0.1, 0.15) is 31.0 Å². The van der Waals surface area contributed by atoms with E-state index in [-0.39, 0.29) is 12.2 Å². The lowest BCUT2D eigenvalue weighted by Gasteiger charge is -2.25. The van der Waals surface area contributed by atoms with Gasteiger partial charge in [0.25, 0.3) is 5.56 Å². The molecule has 11 heteroatoms. The number of rotatable bonds is 7. The van der Waals surface area contributed by atoms with E-state index in [9.17, 15) is 9.59 Å². The first kappa shape index (κ1) is 27.4. The number of aromatic nitrogens is 1. The van der Waals surface area contributed by atoms with Crippen molar-refractivity contribution in [2.24, 2.45) is 4.99 Å². The lowest BCUT2D eigenvalue weighted by atomic mass is 9.96. The smallest absolute Gasteiger partial charge is 0.338 e. The summed E-state index contributed by atoms with van der Waals surface area (Å²) < 4.78 is 25.2. The van der Waals surface area contributed by atoms with Crippen LogP contribution in [0.3, 0.4) is 0 Å². The first-order valence-corrected chi connectivity index (χ1v) is 13.9. The third-order valence-electron chi connectivity index (χ3n) is 5.76. The Hall–Kier alpha value is -2.64. The first-order chi connectivity index (χ1) is 17.7. The van der Waals surface area contributed by atoms with E-state index in [1.807, 2.05) is 24.3 Å². The minimum absolute atomic E-state index is 0.205. The van der Waals surface area contributed by atoms with Gasteiger partial charge in [0.15, 0.2) is 16.3 Å². The largest absolute Gasteiger partial charge is 0.496 e. The van der Waals surface area contributed by atoms with Crippen molar-refractivity contribution >= 4 is 61.9 Å². The van der Waals surface area contributed by atoms with Crippen LogP contribution >= 0.6 is 49.9 Å². The molecule has 0 unspecified atom stereocenters. The van der Waals surface area contributed by atoms with Crippen LogP contribution in [-0.2, 0) is 9.53 Å². The fraction of sp³-hybridized carbons (Fsp3) is 0.269. The monoisotopic (exact) mass is 698 g/mol. The summed E-state index contributed by atoms with van der Waals surface area (Å²) in [4.78, 5) is 32.0. The number of ether oxygens (including phenoxy) is 4. The molecule has 37 heavy (non-hydrogen) atoms. The molecule has 8 nitrogen and oxygen atoms in total. The molecule has 0 aliphatic carbocycles. The highest BCUT2D eigenvalue weighted by Crippen LogP contribution is 2.36. The summed E-state index contributed by atoms with van der Waals surface area (Å²) in [6.45, 7) is 3.70. The van der Waals surface area contributed by atoms with Gasteiger partial charge in [0.1, 0.15) is 5.75 Å². The number of hydrogen-bond acceptors (Lipinski definition) is 8. The molecule has 0 bridgehead atoms. The molecule has 1 aliphatic heterocycles. The molecular formula is C26H24BrIN2O6S. The van der Waals surface area contributed by atoms with Crippen molar-refractivity contribution in [1.82, 2.24) is 4.57 Å². The van der Waals surface area contributed by atoms with Gasteiger partial charge in [-0.25, -0.2) is 9.79 Å². The Bertz CT molecular complexity index is 1590. The molecule has 0 saturated heterocycles. The molecule has 194 valence electrons. The molecule has 0 radical (unpaired) electrons. The number of benzene rings is 2. The van der Waals surface area contributed by atoms with Gasteiger partial charge in [0, 0.05) is 0 Å². The number of esters is 1. The van der Waals surface area contributed by atoms with E-state index < -0.39 is 12.0 Å².